The van der Waals surface area contributed by atoms with Crippen LogP contribution in [0.1, 0.15) is 33.8 Å². The number of benzene rings is 2. The smallest absolute Gasteiger partial charge is 0.163 e. The molecule has 0 saturated heterocycles. The molecule has 116 valence electrons. The molecule has 23 heavy (non-hydrogen) atoms. The van der Waals surface area contributed by atoms with Crippen molar-refractivity contribution in [3.63, 3.8) is 0 Å². The summed E-state index contributed by atoms with van der Waals surface area (Å²) in [6.45, 7) is 1.93. The van der Waals surface area contributed by atoms with E-state index in [4.69, 9.17) is 0 Å². The maximum absolute atomic E-state index is 12.4. The number of nitrogens with one attached hydrogen (secondary N) is 1. The summed E-state index contributed by atoms with van der Waals surface area (Å²) >= 11 is 0. The lowest BCUT2D eigenvalue weighted by Gasteiger charge is -2.17. The van der Waals surface area contributed by atoms with Gasteiger partial charge in [-0.2, -0.15) is 0 Å². The monoisotopic (exact) mass is 306 g/mol. The number of ketones is 1. The molecule has 0 aliphatic heterocycles. The predicted octanol–water partition coefficient (Wildman–Crippen LogP) is 2.58. The number of hydrogen-bond donors (Lipinski definition) is 1. The van der Waals surface area contributed by atoms with E-state index in [0.717, 1.165) is 16.5 Å². The van der Waals surface area contributed by atoms with Crippen molar-refractivity contribution in [2.24, 2.45) is 0 Å². The summed E-state index contributed by atoms with van der Waals surface area (Å²) in [5, 5.41) is 12.4. The van der Waals surface area contributed by atoms with Crippen LogP contribution in [0.2, 0.25) is 0 Å². The van der Waals surface area contributed by atoms with Gasteiger partial charge in [-0.3, -0.25) is 4.79 Å². The van der Waals surface area contributed by atoms with Crippen molar-refractivity contribution < 1.29 is 14.7 Å². The number of carboxylic acids is 1. The molecule has 0 unspecified atom stereocenters. The topological polar surface area (TPSA) is 73.0 Å². The van der Waals surface area contributed by atoms with Crippen molar-refractivity contribution in [2.75, 3.05) is 0 Å². The fraction of sp³-hybridized carbons (Fsp3) is 0.158. The largest absolute Gasteiger partial charge is 0.549 e. The van der Waals surface area contributed by atoms with Crippen LogP contribution in [-0.4, -0.2) is 16.7 Å². The summed E-state index contributed by atoms with van der Waals surface area (Å²) in [6.07, 6.45) is 1.53. The molecule has 0 amide bonds. The summed E-state index contributed by atoms with van der Waals surface area (Å²) in [4.78, 5) is 27.0. The molecule has 3 aromatic rings. The Balaban J connectivity index is 1.92. The number of aromatic nitrogens is 1. The number of aromatic amines is 1. The maximum Gasteiger partial charge on any atom is 0.163 e. The zero-order valence-electron chi connectivity index (χ0n) is 12.7. The van der Waals surface area contributed by atoms with Gasteiger partial charge in [0.2, 0.25) is 0 Å². The first-order valence-electron chi connectivity index (χ1n) is 7.43. The molecular weight excluding hydrogens is 290 g/mol. The summed E-state index contributed by atoms with van der Waals surface area (Å²) in [5.74, 6) is -2.42. The standard InChI is InChI=1S/C19H17NO3/c1-12-6-8-13(9-7-12)18(21)10-15(19(22)23)16-11-20-17-5-3-2-4-14(16)17/h2-9,11,15,20H,10H2,1H3,(H,22,23)/p-1/t15-/m0/s1. The summed E-state index contributed by atoms with van der Waals surface area (Å²) < 4.78 is 0. The molecule has 4 nitrogen and oxygen atoms in total. The minimum absolute atomic E-state index is 0.118. The average molecular weight is 306 g/mol. The fourth-order valence-corrected chi connectivity index (χ4v) is 2.75. The third-order valence-corrected chi connectivity index (χ3v) is 4.04. The van der Waals surface area contributed by atoms with Crippen LogP contribution in [0.15, 0.2) is 54.7 Å². The third kappa shape index (κ3) is 3.01. The lowest BCUT2D eigenvalue weighted by molar-refractivity contribution is -0.307. The van der Waals surface area contributed by atoms with Crippen LogP contribution in [-0.2, 0) is 4.79 Å². The van der Waals surface area contributed by atoms with Crippen LogP contribution in [0.3, 0.4) is 0 Å². The number of H-pyrrole nitrogens is 1. The summed E-state index contributed by atoms with van der Waals surface area (Å²) in [6, 6.07) is 14.5. The number of para-hydroxylation sites is 1. The molecule has 4 heteroatoms. The van der Waals surface area contributed by atoms with E-state index in [2.05, 4.69) is 4.98 Å². The zero-order valence-corrected chi connectivity index (χ0v) is 12.7. The highest BCUT2D eigenvalue weighted by molar-refractivity contribution is 6.00. The van der Waals surface area contributed by atoms with Crippen molar-refractivity contribution in [2.45, 2.75) is 19.3 Å². The van der Waals surface area contributed by atoms with Crippen molar-refractivity contribution in [1.82, 2.24) is 4.98 Å². The Morgan fingerprint density at radius 2 is 1.78 bits per heavy atom. The molecule has 1 aromatic heterocycles. The number of carbonyl (C=O) groups excluding carboxylic acids is 2. The van der Waals surface area contributed by atoms with Gasteiger partial charge in [0, 0.05) is 41.0 Å². The SMILES string of the molecule is Cc1ccc(C(=O)C[C@H](C(=O)[O-])c2c[nH]c3ccccc23)cc1. The van der Waals surface area contributed by atoms with E-state index in [-0.39, 0.29) is 12.2 Å². The first-order valence-corrected chi connectivity index (χ1v) is 7.43. The Kier molecular flexibility index (Phi) is 3.98. The molecule has 1 heterocycles. The molecular formula is C19H16NO3-. The van der Waals surface area contributed by atoms with Gasteiger partial charge < -0.3 is 14.9 Å². The minimum Gasteiger partial charge on any atom is -0.549 e. The van der Waals surface area contributed by atoms with E-state index in [1.165, 1.54) is 0 Å². The second-order valence-electron chi connectivity index (χ2n) is 5.65. The molecule has 0 bridgehead atoms. The predicted molar refractivity (Wildman–Crippen MR) is 86.2 cm³/mol. The minimum atomic E-state index is -1.24. The third-order valence-electron chi connectivity index (χ3n) is 4.04. The Labute approximate surface area is 133 Å². The van der Waals surface area contributed by atoms with Crippen LogP contribution in [0.5, 0.6) is 0 Å². The quantitative estimate of drug-likeness (QED) is 0.736. The normalized spacial score (nSPS) is 12.2. The number of fused-ring (bicyclic) bond motifs is 1. The number of carboxylic acid groups (broad SMARTS) is 1. The molecule has 1 atom stereocenters. The Hall–Kier alpha value is -2.88. The van der Waals surface area contributed by atoms with Gasteiger partial charge in [-0.05, 0) is 18.6 Å². The van der Waals surface area contributed by atoms with E-state index in [9.17, 15) is 14.7 Å². The molecule has 1 N–H and O–H groups in total. The van der Waals surface area contributed by atoms with Gasteiger partial charge >= 0.3 is 0 Å². The summed E-state index contributed by atoms with van der Waals surface area (Å²) in [5.41, 5.74) is 2.99. The molecule has 0 spiro atoms. The Morgan fingerprint density at radius 3 is 2.48 bits per heavy atom. The first-order chi connectivity index (χ1) is 11.1. The van der Waals surface area contributed by atoms with Gasteiger partial charge in [0.25, 0.3) is 0 Å². The molecule has 0 aliphatic carbocycles. The van der Waals surface area contributed by atoms with Crippen molar-refractivity contribution in [3.05, 3.63) is 71.4 Å². The molecule has 3 rings (SSSR count). The van der Waals surface area contributed by atoms with E-state index in [1.54, 1.807) is 18.3 Å². The second-order valence-corrected chi connectivity index (χ2v) is 5.65. The lowest BCUT2D eigenvalue weighted by atomic mass is 9.91. The fourth-order valence-electron chi connectivity index (χ4n) is 2.75. The lowest BCUT2D eigenvalue weighted by Crippen LogP contribution is -2.31. The van der Waals surface area contributed by atoms with Crippen LogP contribution < -0.4 is 5.11 Å². The van der Waals surface area contributed by atoms with Gasteiger partial charge in [-0.1, -0.05) is 48.0 Å². The van der Waals surface area contributed by atoms with Crippen LogP contribution in [0.4, 0.5) is 0 Å². The number of carbonyl (C=O) groups is 2. The van der Waals surface area contributed by atoms with Crippen molar-refractivity contribution in [3.8, 4) is 0 Å². The van der Waals surface area contributed by atoms with Crippen molar-refractivity contribution in [1.29, 1.82) is 0 Å². The number of hydrogen-bond acceptors (Lipinski definition) is 3. The Bertz CT molecular complexity index is 862. The van der Waals surface area contributed by atoms with Crippen LogP contribution in [0, 0.1) is 6.92 Å². The van der Waals surface area contributed by atoms with Crippen molar-refractivity contribution >= 4 is 22.7 Å². The van der Waals surface area contributed by atoms with E-state index >= 15 is 0 Å². The van der Waals surface area contributed by atoms with Gasteiger partial charge in [-0.25, -0.2) is 0 Å². The number of rotatable bonds is 5. The zero-order chi connectivity index (χ0) is 16.4. The van der Waals surface area contributed by atoms with Gasteiger partial charge in [-0.15, -0.1) is 0 Å². The molecule has 0 saturated carbocycles. The summed E-state index contributed by atoms with van der Waals surface area (Å²) in [7, 11) is 0. The van der Waals surface area contributed by atoms with Crippen LogP contribution in [0.25, 0.3) is 10.9 Å². The van der Waals surface area contributed by atoms with E-state index < -0.39 is 11.9 Å². The molecule has 0 radical (unpaired) electrons. The number of Topliss-reactive ketones (excluding diaryl/α,β-unsaturated/α-hetero) is 1. The average Bonchev–Trinajstić information content (AvgIpc) is 2.96. The van der Waals surface area contributed by atoms with Crippen LogP contribution >= 0.6 is 0 Å². The first kappa shape index (κ1) is 15.0. The second kappa shape index (κ2) is 6.08. The maximum atomic E-state index is 12.4. The number of aryl methyl sites for hydroxylation is 1. The molecule has 2 aromatic carbocycles. The van der Waals surface area contributed by atoms with E-state index in [1.807, 2.05) is 43.3 Å². The van der Waals surface area contributed by atoms with Gasteiger partial charge in [0.15, 0.2) is 5.78 Å². The van der Waals surface area contributed by atoms with Gasteiger partial charge in [0.05, 0.1) is 0 Å². The van der Waals surface area contributed by atoms with E-state index in [0.29, 0.717) is 11.1 Å². The highest BCUT2D eigenvalue weighted by Crippen LogP contribution is 2.28. The Morgan fingerprint density at radius 1 is 1.09 bits per heavy atom. The van der Waals surface area contributed by atoms with Gasteiger partial charge in [0.1, 0.15) is 0 Å². The molecule has 0 aliphatic rings. The highest BCUT2D eigenvalue weighted by Gasteiger charge is 2.21. The highest BCUT2D eigenvalue weighted by atomic mass is 16.4. The number of aliphatic carboxylic acids is 1. The molecule has 0 fully saturated rings.